The van der Waals surface area contributed by atoms with E-state index in [-0.39, 0.29) is 5.91 Å². The monoisotopic (exact) mass is 306 g/mol. The fourth-order valence-corrected chi connectivity index (χ4v) is 4.19. The van der Waals surface area contributed by atoms with Crippen LogP contribution in [0.1, 0.15) is 29.0 Å². The Labute approximate surface area is 132 Å². The van der Waals surface area contributed by atoms with E-state index in [1.54, 1.807) is 13.4 Å². The van der Waals surface area contributed by atoms with E-state index in [4.69, 9.17) is 9.15 Å². The Hall–Kier alpha value is -1.33. The van der Waals surface area contributed by atoms with Gasteiger partial charge in [-0.25, -0.2) is 0 Å². The minimum atomic E-state index is 0.0343. The zero-order valence-corrected chi connectivity index (χ0v) is 13.8. The fraction of sp³-hybridized carbons (Fsp3) is 0.706. The Morgan fingerprint density at radius 1 is 1.45 bits per heavy atom. The Morgan fingerprint density at radius 2 is 2.18 bits per heavy atom. The lowest BCUT2D eigenvalue weighted by Crippen LogP contribution is -2.47. The molecule has 1 amide bonds. The molecule has 0 unspecified atom stereocenters. The second kappa shape index (κ2) is 6.05. The summed E-state index contributed by atoms with van der Waals surface area (Å²) in [6.45, 7) is 6.57. The van der Waals surface area contributed by atoms with E-state index in [0.717, 1.165) is 51.2 Å². The molecule has 1 aromatic heterocycles. The maximum Gasteiger partial charge on any atom is 0.289 e. The van der Waals surface area contributed by atoms with Crippen molar-refractivity contribution in [2.24, 2.45) is 11.3 Å². The second-order valence-electron chi connectivity index (χ2n) is 6.94. The number of hydrogen-bond donors (Lipinski definition) is 0. The molecule has 1 atom stereocenters. The summed E-state index contributed by atoms with van der Waals surface area (Å²) in [5, 5.41) is 0. The number of nitrogens with zero attached hydrogens (tertiary/aromatic N) is 2. The summed E-state index contributed by atoms with van der Waals surface area (Å²) in [7, 11) is 3.96. The molecule has 0 N–H and O–H groups in total. The molecular weight excluding hydrogens is 280 g/mol. The van der Waals surface area contributed by atoms with Gasteiger partial charge in [0.2, 0.25) is 0 Å². The fourth-order valence-electron chi connectivity index (χ4n) is 4.19. The standard InChI is InChI=1S/C17H26N2O3/c1-13-4-9-22-15(13)16(20)19-7-5-17(6-8-19)12-18(2)10-14(17)11-21-3/h4,9,14H,5-8,10-12H2,1-3H3/t14-/m1/s1. The van der Waals surface area contributed by atoms with Crippen LogP contribution in [0.5, 0.6) is 0 Å². The summed E-state index contributed by atoms with van der Waals surface area (Å²) in [5.74, 6) is 1.10. The Kier molecular flexibility index (Phi) is 4.28. The summed E-state index contributed by atoms with van der Waals surface area (Å²) >= 11 is 0. The summed E-state index contributed by atoms with van der Waals surface area (Å²) < 4.78 is 10.8. The van der Waals surface area contributed by atoms with Crippen LogP contribution in [0.3, 0.4) is 0 Å². The number of piperidine rings is 1. The molecule has 5 nitrogen and oxygen atoms in total. The second-order valence-corrected chi connectivity index (χ2v) is 6.94. The van der Waals surface area contributed by atoms with Crippen molar-refractivity contribution in [3.8, 4) is 0 Å². The van der Waals surface area contributed by atoms with Crippen molar-refractivity contribution in [1.82, 2.24) is 9.80 Å². The number of carbonyl (C=O) groups excluding carboxylic acids is 1. The number of hydrogen-bond acceptors (Lipinski definition) is 4. The summed E-state index contributed by atoms with van der Waals surface area (Å²) in [4.78, 5) is 16.9. The number of aryl methyl sites for hydroxylation is 1. The van der Waals surface area contributed by atoms with Gasteiger partial charge in [0, 0.05) is 44.8 Å². The lowest BCUT2D eigenvalue weighted by atomic mass is 9.71. The van der Waals surface area contributed by atoms with Gasteiger partial charge in [-0.1, -0.05) is 0 Å². The van der Waals surface area contributed by atoms with Crippen LogP contribution in [-0.2, 0) is 4.74 Å². The predicted octanol–water partition coefficient (Wildman–Crippen LogP) is 2.02. The first-order chi connectivity index (χ1) is 10.6. The molecule has 3 rings (SSSR count). The molecule has 5 heteroatoms. The number of methoxy groups -OCH3 is 1. The topological polar surface area (TPSA) is 45.9 Å². The molecule has 2 aliphatic heterocycles. The van der Waals surface area contributed by atoms with Gasteiger partial charge in [-0.05, 0) is 38.3 Å². The average Bonchev–Trinajstić information content (AvgIpc) is 3.04. The Morgan fingerprint density at radius 3 is 2.77 bits per heavy atom. The summed E-state index contributed by atoms with van der Waals surface area (Å²) in [5.41, 5.74) is 1.22. The third kappa shape index (κ3) is 2.68. The number of carbonyl (C=O) groups is 1. The minimum Gasteiger partial charge on any atom is -0.459 e. The zero-order chi connectivity index (χ0) is 15.7. The van der Waals surface area contributed by atoms with Crippen molar-refractivity contribution in [3.05, 3.63) is 23.7 Å². The van der Waals surface area contributed by atoms with Gasteiger partial charge in [0.05, 0.1) is 12.9 Å². The van der Waals surface area contributed by atoms with Gasteiger partial charge >= 0.3 is 0 Å². The highest BCUT2D eigenvalue weighted by Crippen LogP contribution is 2.44. The van der Waals surface area contributed by atoms with Gasteiger partial charge in [-0.2, -0.15) is 0 Å². The first kappa shape index (κ1) is 15.6. The molecule has 0 aliphatic carbocycles. The normalized spacial score (nSPS) is 25.0. The molecule has 0 saturated carbocycles. The quantitative estimate of drug-likeness (QED) is 0.857. The van der Waals surface area contributed by atoms with Gasteiger partial charge in [0.25, 0.3) is 5.91 Å². The molecule has 3 heterocycles. The molecule has 122 valence electrons. The molecule has 2 fully saturated rings. The van der Waals surface area contributed by atoms with Crippen molar-refractivity contribution < 1.29 is 13.9 Å². The predicted molar refractivity (Wildman–Crippen MR) is 83.9 cm³/mol. The van der Waals surface area contributed by atoms with Crippen LogP contribution >= 0.6 is 0 Å². The van der Waals surface area contributed by atoms with E-state index >= 15 is 0 Å². The average molecular weight is 306 g/mol. The first-order valence-corrected chi connectivity index (χ1v) is 8.06. The number of rotatable bonds is 3. The number of ether oxygens (including phenoxy) is 1. The Bertz CT molecular complexity index is 532. The maximum absolute atomic E-state index is 12.6. The first-order valence-electron chi connectivity index (χ1n) is 8.06. The number of furan rings is 1. The van der Waals surface area contributed by atoms with Crippen molar-refractivity contribution >= 4 is 5.91 Å². The van der Waals surface area contributed by atoms with E-state index in [9.17, 15) is 4.79 Å². The van der Waals surface area contributed by atoms with E-state index < -0.39 is 0 Å². The molecule has 0 bridgehead atoms. The van der Waals surface area contributed by atoms with Gasteiger partial charge in [-0.15, -0.1) is 0 Å². The third-order valence-electron chi connectivity index (χ3n) is 5.45. The highest BCUT2D eigenvalue weighted by atomic mass is 16.5. The number of likely N-dealkylation sites (tertiary alicyclic amines) is 2. The molecule has 1 aromatic rings. The van der Waals surface area contributed by atoms with E-state index in [0.29, 0.717) is 17.1 Å². The van der Waals surface area contributed by atoms with Crippen LogP contribution in [0, 0.1) is 18.3 Å². The van der Waals surface area contributed by atoms with Crippen LogP contribution in [0.15, 0.2) is 16.7 Å². The molecule has 22 heavy (non-hydrogen) atoms. The SMILES string of the molecule is COC[C@H]1CN(C)CC12CCN(C(=O)c1occc1C)CC2. The zero-order valence-electron chi connectivity index (χ0n) is 13.8. The highest BCUT2D eigenvalue weighted by Gasteiger charge is 2.47. The molecule has 0 aromatic carbocycles. The molecule has 2 saturated heterocycles. The lowest BCUT2D eigenvalue weighted by molar-refractivity contribution is 0.0308. The lowest BCUT2D eigenvalue weighted by Gasteiger charge is -2.42. The summed E-state index contributed by atoms with van der Waals surface area (Å²) in [6.07, 6.45) is 3.70. The number of amides is 1. The van der Waals surface area contributed by atoms with Gasteiger partial charge in [0.15, 0.2) is 5.76 Å². The summed E-state index contributed by atoms with van der Waals surface area (Å²) in [6, 6.07) is 1.85. The van der Waals surface area contributed by atoms with Crippen molar-refractivity contribution in [3.63, 3.8) is 0 Å². The smallest absolute Gasteiger partial charge is 0.289 e. The maximum atomic E-state index is 12.6. The van der Waals surface area contributed by atoms with E-state index in [2.05, 4.69) is 11.9 Å². The van der Waals surface area contributed by atoms with Crippen molar-refractivity contribution in [2.45, 2.75) is 19.8 Å². The van der Waals surface area contributed by atoms with E-state index in [1.807, 2.05) is 17.9 Å². The molecular formula is C17H26N2O3. The van der Waals surface area contributed by atoms with E-state index in [1.165, 1.54) is 0 Å². The van der Waals surface area contributed by atoms with Crippen LogP contribution in [0.4, 0.5) is 0 Å². The molecule has 0 radical (unpaired) electrons. The minimum absolute atomic E-state index is 0.0343. The van der Waals surface area contributed by atoms with Gasteiger partial charge < -0.3 is 19.0 Å². The van der Waals surface area contributed by atoms with Crippen LogP contribution in [-0.4, -0.2) is 62.7 Å². The highest BCUT2D eigenvalue weighted by molar-refractivity contribution is 5.92. The largest absolute Gasteiger partial charge is 0.459 e. The van der Waals surface area contributed by atoms with Crippen LogP contribution in [0.25, 0.3) is 0 Å². The third-order valence-corrected chi connectivity index (χ3v) is 5.45. The van der Waals surface area contributed by atoms with Crippen LogP contribution in [0.2, 0.25) is 0 Å². The van der Waals surface area contributed by atoms with Gasteiger partial charge in [-0.3, -0.25) is 4.79 Å². The molecule has 1 spiro atoms. The van der Waals surface area contributed by atoms with Crippen molar-refractivity contribution in [2.75, 3.05) is 46.9 Å². The Balaban J connectivity index is 1.67. The van der Waals surface area contributed by atoms with Crippen LogP contribution < -0.4 is 0 Å². The van der Waals surface area contributed by atoms with Gasteiger partial charge in [0.1, 0.15) is 0 Å². The van der Waals surface area contributed by atoms with Crippen molar-refractivity contribution in [1.29, 1.82) is 0 Å². The molecule has 2 aliphatic rings.